The average molecular weight is 314 g/mol. The van der Waals surface area contributed by atoms with E-state index in [1.165, 1.54) is 13.1 Å². The maximum Gasteiger partial charge on any atom is 0.221 e. The van der Waals surface area contributed by atoms with Crippen molar-refractivity contribution in [1.82, 2.24) is 0 Å². The van der Waals surface area contributed by atoms with Gasteiger partial charge in [-0.1, -0.05) is 17.3 Å². The molecule has 0 aliphatic carbocycles. The first-order chi connectivity index (χ1) is 11.1. The zero-order valence-corrected chi connectivity index (χ0v) is 12.9. The van der Waals surface area contributed by atoms with E-state index in [1.54, 1.807) is 25.3 Å². The van der Waals surface area contributed by atoms with Gasteiger partial charge in [-0.25, -0.2) is 0 Å². The lowest BCUT2D eigenvalue weighted by molar-refractivity contribution is -0.114. The van der Waals surface area contributed by atoms with E-state index in [9.17, 15) is 4.79 Å². The molecular weight excluding hydrogens is 296 g/mol. The molecule has 2 rings (SSSR count). The SMILES string of the molecule is COc1cc(/C=N/O)ccc1OCc1ccc(NC(C)=O)cc1. The van der Waals surface area contributed by atoms with E-state index >= 15 is 0 Å². The summed E-state index contributed by atoms with van der Waals surface area (Å²) < 4.78 is 11.0. The number of methoxy groups -OCH3 is 1. The molecule has 0 aromatic heterocycles. The van der Waals surface area contributed by atoms with Gasteiger partial charge in [-0.3, -0.25) is 4.79 Å². The molecule has 120 valence electrons. The van der Waals surface area contributed by atoms with Crippen LogP contribution in [0.5, 0.6) is 11.5 Å². The standard InChI is InChI=1S/C17H18N2O4/c1-12(20)19-15-6-3-13(4-7-15)11-23-16-8-5-14(10-18-21)9-17(16)22-2/h3-10,21H,11H2,1-2H3,(H,19,20)/b18-10+. The molecule has 23 heavy (non-hydrogen) atoms. The number of rotatable bonds is 6. The van der Waals surface area contributed by atoms with Crippen molar-refractivity contribution in [3.63, 3.8) is 0 Å². The van der Waals surface area contributed by atoms with Crippen LogP contribution in [-0.2, 0) is 11.4 Å². The third kappa shape index (κ3) is 4.74. The fourth-order valence-electron chi connectivity index (χ4n) is 2.00. The number of oxime groups is 1. The van der Waals surface area contributed by atoms with Gasteiger partial charge in [0.1, 0.15) is 6.61 Å². The van der Waals surface area contributed by atoms with E-state index in [2.05, 4.69) is 10.5 Å². The molecule has 0 aliphatic heterocycles. The Morgan fingerprint density at radius 2 is 1.96 bits per heavy atom. The summed E-state index contributed by atoms with van der Waals surface area (Å²) in [5.74, 6) is 1.04. The third-order valence-electron chi connectivity index (χ3n) is 3.06. The van der Waals surface area contributed by atoms with Crippen LogP contribution in [0.2, 0.25) is 0 Å². The van der Waals surface area contributed by atoms with E-state index in [0.29, 0.717) is 23.7 Å². The number of anilines is 1. The van der Waals surface area contributed by atoms with Gasteiger partial charge in [0.15, 0.2) is 11.5 Å². The van der Waals surface area contributed by atoms with Crippen LogP contribution in [0.4, 0.5) is 5.69 Å². The minimum Gasteiger partial charge on any atom is -0.493 e. The van der Waals surface area contributed by atoms with Gasteiger partial charge in [-0.2, -0.15) is 0 Å². The van der Waals surface area contributed by atoms with Crippen LogP contribution in [0.15, 0.2) is 47.6 Å². The predicted molar refractivity (Wildman–Crippen MR) is 87.5 cm³/mol. The van der Waals surface area contributed by atoms with Crippen molar-refractivity contribution >= 4 is 17.8 Å². The second-order valence-corrected chi connectivity index (χ2v) is 4.82. The van der Waals surface area contributed by atoms with Gasteiger partial charge >= 0.3 is 0 Å². The summed E-state index contributed by atoms with van der Waals surface area (Å²) in [6.07, 6.45) is 1.31. The number of benzene rings is 2. The molecule has 6 nitrogen and oxygen atoms in total. The highest BCUT2D eigenvalue weighted by Gasteiger charge is 2.06. The highest BCUT2D eigenvalue weighted by molar-refractivity contribution is 5.88. The first-order valence-corrected chi connectivity index (χ1v) is 6.97. The van der Waals surface area contributed by atoms with E-state index in [1.807, 2.05) is 24.3 Å². The van der Waals surface area contributed by atoms with Crippen molar-refractivity contribution in [2.45, 2.75) is 13.5 Å². The summed E-state index contributed by atoms with van der Waals surface area (Å²) in [6, 6.07) is 12.6. The molecular formula is C17H18N2O4. The molecule has 1 amide bonds. The summed E-state index contributed by atoms with van der Waals surface area (Å²) in [5, 5.41) is 14.2. The molecule has 6 heteroatoms. The molecule has 0 heterocycles. The van der Waals surface area contributed by atoms with Gasteiger partial charge in [0.2, 0.25) is 5.91 Å². The van der Waals surface area contributed by atoms with Crippen LogP contribution in [0.25, 0.3) is 0 Å². The highest BCUT2D eigenvalue weighted by atomic mass is 16.5. The second-order valence-electron chi connectivity index (χ2n) is 4.82. The van der Waals surface area contributed by atoms with Crippen LogP contribution in [0.1, 0.15) is 18.1 Å². The Labute approximate surface area is 134 Å². The van der Waals surface area contributed by atoms with Crippen molar-refractivity contribution in [1.29, 1.82) is 0 Å². The lowest BCUT2D eigenvalue weighted by Crippen LogP contribution is -2.05. The summed E-state index contributed by atoms with van der Waals surface area (Å²) >= 11 is 0. The predicted octanol–water partition coefficient (Wildman–Crippen LogP) is 3.04. The van der Waals surface area contributed by atoms with Crippen LogP contribution in [0.3, 0.4) is 0 Å². The summed E-state index contributed by atoms with van der Waals surface area (Å²) in [6.45, 7) is 1.83. The Morgan fingerprint density at radius 1 is 1.22 bits per heavy atom. The van der Waals surface area contributed by atoms with Gasteiger partial charge < -0.3 is 20.0 Å². The number of carbonyl (C=O) groups is 1. The molecule has 0 spiro atoms. The molecule has 0 saturated heterocycles. The number of hydrogen-bond donors (Lipinski definition) is 2. The lowest BCUT2D eigenvalue weighted by atomic mass is 10.2. The molecule has 2 N–H and O–H groups in total. The third-order valence-corrected chi connectivity index (χ3v) is 3.06. The largest absolute Gasteiger partial charge is 0.493 e. The van der Waals surface area contributed by atoms with Gasteiger partial charge in [-0.05, 0) is 35.9 Å². The monoisotopic (exact) mass is 314 g/mol. The average Bonchev–Trinajstić information content (AvgIpc) is 2.54. The lowest BCUT2D eigenvalue weighted by Gasteiger charge is -2.11. The van der Waals surface area contributed by atoms with Crippen molar-refractivity contribution in [3.8, 4) is 11.5 Å². The fourth-order valence-corrected chi connectivity index (χ4v) is 2.00. The summed E-state index contributed by atoms with van der Waals surface area (Å²) in [7, 11) is 1.55. The van der Waals surface area contributed by atoms with Crippen LogP contribution < -0.4 is 14.8 Å². The first-order valence-electron chi connectivity index (χ1n) is 6.97. The van der Waals surface area contributed by atoms with E-state index in [4.69, 9.17) is 14.7 Å². The second kappa shape index (κ2) is 7.84. The maximum absolute atomic E-state index is 11.0. The molecule has 0 fully saturated rings. The van der Waals surface area contributed by atoms with Crippen molar-refractivity contribution in [2.24, 2.45) is 5.16 Å². The molecule has 0 unspecified atom stereocenters. The van der Waals surface area contributed by atoms with Crippen LogP contribution >= 0.6 is 0 Å². The van der Waals surface area contributed by atoms with Crippen molar-refractivity contribution < 1.29 is 19.5 Å². The topological polar surface area (TPSA) is 80.2 Å². The molecule has 0 saturated carbocycles. The number of amides is 1. The van der Waals surface area contributed by atoms with E-state index < -0.39 is 0 Å². The van der Waals surface area contributed by atoms with Gasteiger partial charge in [-0.15, -0.1) is 0 Å². The summed E-state index contributed by atoms with van der Waals surface area (Å²) in [4.78, 5) is 11.0. The molecule has 0 radical (unpaired) electrons. The van der Waals surface area contributed by atoms with Gasteiger partial charge in [0, 0.05) is 18.2 Å². The highest BCUT2D eigenvalue weighted by Crippen LogP contribution is 2.28. The van der Waals surface area contributed by atoms with Gasteiger partial charge in [0.05, 0.1) is 13.3 Å². The molecule has 2 aromatic rings. The Balaban J connectivity index is 2.04. The van der Waals surface area contributed by atoms with Gasteiger partial charge in [0.25, 0.3) is 0 Å². The Kier molecular flexibility index (Phi) is 5.57. The molecule has 0 aliphatic rings. The molecule has 0 atom stereocenters. The van der Waals surface area contributed by atoms with E-state index in [0.717, 1.165) is 11.3 Å². The maximum atomic E-state index is 11.0. The number of nitrogens with one attached hydrogen (secondary N) is 1. The molecule has 2 aromatic carbocycles. The molecule has 0 bridgehead atoms. The van der Waals surface area contributed by atoms with Crippen molar-refractivity contribution in [2.75, 3.05) is 12.4 Å². The van der Waals surface area contributed by atoms with E-state index in [-0.39, 0.29) is 5.91 Å². The van der Waals surface area contributed by atoms with Crippen LogP contribution in [-0.4, -0.2) is 24.4 Å². The minimum atomic E-state index is -0.106. The Bertz CT molecular complexity index is 696. The van der Waals surface area contributed by atoms with Crippen molar-refractivity contribution in [3.05, 3.63) is 53.6 Å². The number of carbonyl (C=O) groups excluding carboxylic acids is 1. The fraction of sp³-hybridized carbons (Fsp3) is 0.176. The minimum absolute atomic E-state index is 0.106. The normalized spacial score (nSPS) is 10.5. The Morgan fingerprint density at radius 3 is 2.57 bits per heavy atom. The van der Waals surface area contributed by atoms with Crippen LogP contribution in [0, 0.1) is 0 Å². The Hall–Kier alpha value is -3.02. The number of ether oxygens (including phenoxy) is 2. The first kappa shape index (κ1) is 16.4. The quantitative estimate of drug-likeness (QED) is 0.488. The smallest absolute Gasteiger partial charge is 0.221 e. The number of hydrogen-bond acceptors (Lipinski definition) is 5. The zero-order valence-electron chi connectivity index (χ0n) is 12.9. The summed E-state index contributed by atoms with van der Waals surface area (Å²) in [5.41, 5.74) is 2.41. The number of nitrogens with zero attached hydrogens (tertiary/aromatic N) is 1. The zero-order chi connectivity index (χ0) is 16.7.